The van der Waals surface area contributed by atoms with Crippen molar-refractivity contribution in [3.05, 3.63) is 65.1 Å². The molecule has 1 N–H and O–H groups in total. The molecule has 3 aromatic heterocycles. The third kappa shape index (κ3) is 4.56. The van der Waals surface area contributed by atoms with Crippen molar-refractivity contribution in [3.8, 4) is 10.7 Å². The molecule has 0 unspecified atom stereocenters. The zero-order valence-corrected chi connectivity index (χ0v) is 18.2. The number of nitrogens with zero attached hydrogens (tertiary/aromatic N) is 5. The highest BCUT2D eigenvalue weighted by molar-refractivity contribution is 7.13. The van der Waals surface area contributed by atoms with Gasteiger partial charge in [-0.1, -0.05) is 12.1 Å². The van der Waals surface area contributed by atoms with Crippen LogP contribution in [-0.4, -0.2) is 46.2 Å². The fourth-order valence-corrected chi connectivity index (χ4v) is 4.51. The molecule has 0 radical (unpaired) electrons. The Hall–Kier alpha value is -2.94. The first-order valence-electron chi connectivity index (χ1n) is 10.4. The predicted octanol–water partition coefficient (Wildman–Crippen LogP) is 3.58. The van der Waals surface area contributed by atoms with E-state index in [1.165, 1.54) is 11.1 Å². The zero-order valence-electron chi connectivity index (χ0n) is 17.4. The zero-order chi connectivity index (χ0) is 21.0. The average Bonchev–Trinajstić information content (AvgIpc) is 3.29. The number of aryl methyl sites for hydroxylation is 1. The van der Waals surface area contributed by atoms with Gasteiger partial charge in [0.2, 0.25) is 0 Å². The van der Waals surface area contributed by atoms with E-state index in [0.29, 0.717) is 6.54 Å². The molecule has 7 nitrogen and oxygen atoms in total. The highest BCUT2D eigenvalue weighted by atomic mass is 32.1. The fourth-order valence-electron chi connectivity index (χ4n) is 3.73. The van der Waals surface area contributed by atoms with Gasteiger partial charge in [-0.2, -0.15) is 0 Å². The van der Waals surface area contributed by atoms with Crippen LogP contribution in [0.3, 0.4) is 0 Å². The number of anilines is 1. The molecular weight excluding hydrogens is 408 g/mol. The summed E-state index contributed by atoms with van der Waals surface area (Å²) in [4.78, 5) is 20.5. The van der Waals surface area contributed by atoms with Crippen molar-refractivity contribution >= 4 is 28.1 Å². The predicted molar refractivity (Wildman–Crippen MR) is 123 cm³/mol. The summed E-state index contributed by atoms with van der Waals surface area (Å²) in [5.41, 5.74) is 5.27. The first kappa shape index (κ1) is 20.0. The number of rotatable bonds is 6. The standard InChI is InChI=1S/C23H24N6OS/c1-16-2-3-17-11-18(22(28-20(17)10-16)29-6-8-30-9-7-29)12-25-13-19-15-31-23(27-19)21-14-24-4-5-26-21/h2-5,10-11,14-15,25H,6-9,12-13H2,1H3. The largest absolute Gasteiger partial charge is 0.378 e. The average molecular weight is 433 g/mol. The molecule has 5 rings (SSSR count). The van der Waals surface area contributed by atoms with Crippen LogP contribution in [0.15, 0.2) is 48.2 Å². The van der Waals surface area contributed by atoms with Crippen LogP contribution in [0.5, 0.6) is 0 Å². The summed E-state index contributed by atoms with van der Waals surface area (Å²) in [6, 6.07) is 8.70. The molecule has 0 saturated carbocycles. The number of hydrogen-bond acceptors (Lipinski definition) is 8. The Morgan fingerprint density at radius 2 is 2.00 bits per heavy atom. The Bertz CT molecular complexity index is 1170. The van der Waals surface area contributed by atoms with E-state index >= 15 is 0 Å². The normalized spacial score (nSPS) is 14.3. The summed E-state index contributed by atoms with van der Waals surface area (Å²) >= 11 is 1.59. The van der Waals surface area contributed by atoms with Gasteiger partial charge in [0.15, 0.2) is 0 Å². The van der Waals surface area contributed by atoms with Crippen molar-refractivity contribution in [3.63, 3.8) is 0 Å². The maximum atomic E-state index is 5.54. The second-order valence-electron chi connectivity index (χ2n) is 7.60. The molecule has 0 atom stereocenters. The molecule has 8 heteroatoms. The van der Waals surface area contributed by atoms with E-state index in [-0.39, 0.29) is 0 Å². The van der Waals surface area contributed by atoms with Crippen molar-refractivity contribution in [2.75, 3.05) is 31.2 Å². The Morgan fingerprint density at radius 3 is 2.84 bits per heavy atom. The van der Waals surface area contributed by atoms with E-state index < -0.39 is 0 Å². The molecular formula is C23H24N6OS. The summed E-state index contributed by atoms with van der Waals surface area (Å²) in [5, 5.41) is 7.67. The summed E-state index contributed by atoms with van der Waals surface area (Å²) in [6.45, 7) is 6.73. The topological polar surface area (TPSA) is 76.1 Å². The van der Waals surface area contributed by atoms with Gasteiger partial charge in [-0.05, 0) is 24.6 Å². The molecule has 0 aliphatic carbocycles. The molecule has 4 heterocycles. The number of fused-ring (bicyclic) bond motifs is 1. The number of aromatic nitrogens is 4. The number of benzene rings is 1. The Kier molecular flexibility index (Phi) is 5.84. The van der Waals surface area contributed by atoms with Gasteiger partial charge in [0.1, 0.15) is 16.5 Å². The molecule has 1 aliphatic heterocycles. The molecule has 0 amide bonds. The summed E-state index contributed by atoms with van der Waals surface area (Å²) in [6.07, 6.45) is 5.10. The summed E-state index contributed by atoms with van der Waals surface area (Å²) in [7, 11) is 0. The number of pyridine rings is 1. The van der Waals surface area contributed by atoms with Gasteiger partial charge >= 0.3 is 0 Å². The van der Waals surface area contributed by atoms with E-state index in [1.807, 2.05) is 0 Å². The molecule has 1 aromatic carbocycles. The van der Waals surface area contributed by atoms with Crippen molar-refractivity contribution < 1.29 is 4.74 Å². The van der Waals surface area contributed by atoms with Gasteiger partial charge in [-0.15, -0.1) is 11.3 Å². The van der Waals surface area contributed by atoms with Crippen molar-refractivity contribution in [1.82, 2.24) is 25.3 Å². The van der Waals surface area contributed by atoms with Crippen LogP contribution in [0.2, 0.25) is 0 Å². The first-order valence-corrected chi connectivity index (χ1v) is 11.3. The first-order chi connectivity index (χ1) is 15.3. The quantitative estimate of drug-likeness (QED) is 0.499. The van der Waals surface area contributed by atoms with E-state index in [9.17, 15) is 0 Å². The van der Waals surface area contributed by atoms with Crippen LogP contribution in [0.25, 0.3) is 21.6 Å². The maximum absolute atomic E-state index is 5.54. The van der Waals surface area contributed by atoms with Gasteiger partial charge < -0.3 is 15.0 Å². The smallest absolute Gasteiger partial charge is 0.143 e. The number of thiazole rings is 1. The second-order valence-corrected chi connectivity index (χ2v) is 8.46. The third-order valence-electron chi connectivity index (χ3n) is 5.30. The van der Waals surface area contributed by atoms with Crippen molar-refractivity contribution in [1.29, 1.82) is 0 Å². The number of morpholine rings is 1. The van der Waals surface area contributed by atoms with Crippen LogP contribution >= 0.6 is 11.3 Å². The Labute approximate surface area is 185 Å². The Morgan fingerprint density at radius 1 is 1.10 bits per heavy atom. The van der Waals surface area contributed by atoms with Crippen molar-refractivity contribution in [2.24, 2.45) is 0 Å². The van der Waals surface area contributed by atoms with Crippen LogP contribution < -0.4 is 10.2 Å². The molecule has 1 fully saturated rings. The van der Waals surface area contributed by atoms with Crippen LogP contribution in [0.1, 0.15) is 16.8 Å². The molecule has 1 saturated heterocycles. The summed E-state index contributed by atoms with van der Waals surface area (Å²) < 4.78 is 5.54. The minimum Gasteiger partial charge on any atom is -0.378 e. The van der Waals surface area contributed by atoms with Crippen molar-refractivity contribution in [2.45, 2.75) is 20.0 Å². The van der Waals surface area contributed by atoms with Crippen LogP contribution in [0, 0.1) is 6.92 Å². The van der Waals surface area contributed by atoms with Crippen LogP contribution in [-0.2, 0) is 17.8 Å². The van der Waals surface area contributed by atoms with E-state index in [4.69, 9.17) is 14.7 Å². The number of nitrogens with one attached hydrogen (secondary N) is 1. The molecule has 0 bridgehead atoms. The minimum atomic E-state index is 0.686. The lowest BCUT2D eigenvalue weighted by atomic mass is 10.1. The van der Waals surface area contributed by atoms with Crippen LogP contribution in [0.4, 0.5) is 5.82 Å². The lowest BCUT2D eigenvalue weighted by Crippen LogP contribution is -2.37. The van der Waals surface area contributed by atoms with E-state index in [2.05, 4.69) is 56.8 Å². The SMILES string of the molecule is Cc1ccc2cc(CNCc3csc(-c4cnccn4)n3)c(N3CCOCC3)nc2c1. The van der Waals surface area contributed by atoms with Gasteiger partial charge in [0.05, 0.1) is 30.6 Å². The third-order valence-corrected chi connectivity index (χ3v) is 6.21. The highest BCUT2D eigenvalue weighted by Gasteiger charge is 2.17. The number of ether oxygens (including phenoxy) is 1. The minimum absolute atomic E-state index is 0.686. The Balaban J connectivity index is 1.34. The highest BCUT2D eigenvalue weighted by Crippen LogP contribution is 2.26. The molecule has 158 valence electrons. The summed E-state index contributed by atoms with van der Waals surface area (Å²) in [5.74, 6) is 1.05. The van der Waals surface area contributed by atoms with Gasteiger partial charge in [-0.3, -0.25) is 9.97 Å². The molecule has 31 heavy (non-hydrogen) atoms. The van der Waals surface area contributed by atoms with E-state index in [0.717, 1.165) is 66.0 Å². The lowest BCUT2D eigenvalue weighted by Gasteiger charge is -2.30. The van der Waals surface area contributed by atoms with Gasteiger partial charge in [0.25, 0.3) is 0 Å². The lowest BCUT2D eigenvalue weighted by molar-refractivity contribution is 0.122. The van der Waals surface area contributed by atoms with Gasteiger partial charge in [0, 0.05) is 54.9 Å². The van der Waals surface area contributed by atoms with E-state index in [1.54, 1.807) is 29.9 Å². The molecule has 4 aromatic rings. The van der Waals surface area contributed by atoms with Gasteiger partial charge in [-0.25, -0.2) is 9.97 Å². The maximum Gasteiger partial charge on any atom is 0.143 e. The number of hydrogen-bond donors (Lipinski definition) is 1. The monoisotopic (exact) mass is 432 g/mol. The fraction of sp³-hybridized carbons (Fsp3) is 0.304. The molecule has 1 aliphatic rings. The molecule has 0 spiro atoms. The second kappa shape index (κ2) is 9.05.